The Morgan fingerprint density at radius 3 is 2.23 bits per heavy atom. The third-order valence-electron chi connectivity index (χ3n) is 3.77. The van der Waals surface area contributed by atoms with Crippen molar-refractivity contribution in [3.8, 4) is 0 Å². The minimum Gasteiger partial charge on any atom is -0.394 e. The first-order chi connectivity index (χ1) is 10.3. The molecule has 2 unspecified atom stereocenters. The zero-order chi connectivity index (χ0) is 16.9. The Balaban J connectivity index is 2.79. The quantitative estimate of drug-likeness (QED) is 0.751. The van der Waals surface area contributed by atoms with Gasteiger partial charge in [0.2, 0.25) is 0 Å². The Bertz CT molecular complexity index is 492. The molecule has 22 heavy (non-hydrogen) atoms. The number of carbonyl (C=O) groups excluding carboxylic acids is 1. The van der Waals surface area contributed by atoms with E-state index in [0.29, 0.717) is 6.54 Å². The van der Waals surface area contributed by atoms with Crippen LogP contribution in [0.25, 0.3) is 0 Å². The lowest BCUT2D eigenvalue weighted by Crippen LogP contribution is -2.49. The predicted octanol–water partition coefficient (Wildman–Crippen LogP) is 1.89. The molecule has 0 aliphatic heterocycles. The standard InChI is InChI=1S/C17H28N2O3/c1-11-6-12(2)16(13(3)7-11)8-18-17(22)19(9-15(5)21)14(4)10-20/h6-7,14-15,20-21H,8-10H2,1-5H3,(H,18,22). The van der Waals surface area contributed by atoms with Gasteiger partial charge in [-0.05, 0) is 51.3 Å². The van der Waals surface area contributed by atoms with Crippen LogP contribution in [0.2, 0.25) is 0 Å². The molecule has 0 bridgehead atoms. The topological polar surface area (TPSA) is 72.8 Å². The van der Waals surface area contributed by atoms with E-state index in [-0.39, 0.29) is 25.2 Å². The molecular formula is C17H28N2O3. The van der Waals surface area contributed by atoms with E-state index >= 15 is 0 Å². The lowest BCUT2D eigenvalue weighted by Gasteiger charge is -2.29. The summed E-state index contributed by atoms with van der Waals surface area (Å²) in [6.07, 6.45) is -0.636. The molecule has 0 aromatic heterocycles. The molecule has 5 nitrogen and oxygen atoms in total. The van der Waals surface area contributed by atoms with Gasteiger partial charge in [-0.25, -0.2) is 4.79 Å². The molecule has 0 aliphatic rings. The highest BCUT2D eigenvalue weighted by Crippen LogP contribution is 2.16. The molecule has 0 aliphatic carbocycles. The van der Waals surface area contributed by atoms with E-state index < -0.39 is 6.10 Å². The molecule has 124 valence electrons. The normalized spacial score (nSPS) is 13.6. The minimum atomic E-state index is -0.636. The van der Waals surface area contributed by atoms with Crippen molar-refractivity contribution in [2.24, 2.45) is 0 Å². The highest BCUT2D eigenvalue weighted by Gasteiger charge is 2.21. The van der Waals surface area contributed by atoms with E-state index in [1.807, 2.05) is 13.8 Å². The summed E-state index contributed by atoms with van der Waals surface area (Å²) in [5.74, 6) is 0. The number of carbonyl (C=O) groups is 1. The number of amides is 2. The van der Waals surface area contributed by atoms with Crippen LogP contribution >= 0.6 is 0 Å². The van der Waals surface area contributed by atoms with E-state index in [0.717, 1.165) is 16.7 Å². The molecule has 2 atom stereocenters. The van der Waals surface area contributed by atoms with Gasteiger partial charge in [0.1, 0.15) is 0 Å². The number of aliphatic hydroxyl groups excluding tert-OH is 2. The maximum Gasteiger partial charge on any atom is 0.318 e. The Kier molecular flexibility index (Phi) is 6.84. The second-order valence-electron chi connectivity index (χ2n) is 6.07. The highest BCUT2D eigenvalue weighted by atomic mass is 16.3. The van der Waals surface area contributed by atoms with Crippen molar-refractivity contribution in [1.82, 2.24) is 10.2 Å². The fraction of sp³-hybridized carbons (Fsp3) is 0.588. The summed E-state index contributed by atoms with van der Waals surface area (Å²) in [6.45, 7) is 9.99. The summed E-state index contributed by atoms with van der Waals surface area (Å²) in [5, 5.41) is 21.7. The Labute approximate surface area is 133 Å². The number of aryl methyl sites for hydroxylation is 3. The average Bonchev–Trinajstić information content (AvgIpc) is 2.42. The molecule has 5 heteroatoms. The molecule has 0 saturated heterocycles. The van der Waals surface area contributed by atoms with E-state index in [1.165, 1.54) is 10.5 Å². The van der Waals surface area contributed by atoms with E-state index in [1.54, 1.807) is 13.8 Å². The number of hydrogen-bond acceptors (Lipinski definition) is 3. The van der Waals surface area contributed by atoms with Crippen LogP contribution in [0, 0.1) is 20.8 Å². The number of hydrogen-bond donors (Lipinski definition) is 3. The zero-order valence-corrected chi connectivity index (χ0v) is 14.2. The first-order valence-electron chi connectivity index (χ1n) is 7.66. The van der Waals surface area contributed by atoms with Crippen molar-refractivity contribution in [2.75, 3.05) is 13.2 Å². The van der Waals surface area contributed by atoms with Crippen LogP contribution in [-0.2, 0) is 6.54 Å². The molecule has 0 fully saturated rings. The van der Waals surface area contributed by atoms with Gasteiger partial charge >= 0.3 is 6.03 Å². The van der Waals surface area contributed by atoms with Gasteiger partial charge in [0, 0.05) is 13.1 Å². The SMILES string of the molecule is Cc1cc(C)c(CNC(=O)N(CC(C)O)C(C)CO)c(C)c1. The lowest BCUT2D eigenvalue weighted by atomic mass is 10.00. The summed E-state index contributed by atoms with van der Waals surface area (Å²) in [5.41, 5.74) is 4.60. The Morgan fingerprint density at radius 2 is 1.77 bits per heavy atom. The van der Waals surface area contributed by atoms with Gasteiger partial charge in [-0.2, -0.15) is 0 Å². The fourth-order valence-electron chi connectivity index (χ4n) is 2.60. The molecule has 0 saturated carbocycles. The van der Waals surface area contributed by atoms with Crippen molar-refractivity contribution in [3.05, 3.63) is 34.4 Å². The summed E-state index contributed by atoms with van der Waals surface area (Å²) in [7, 11) is 0. The lowest BCUT2D eigenvalue weighted by molar-refractivity contribution is 0.0936. The predicted molar refractivity (Wildman–Crippen MR) is 87.8 cm³/mol. The first kappa shape index (κ1) is 18.5. The minimum absolute atomic E-state index is 0.136. The molecule has 2 amide bonds. The van der Waals surface area contributed by atoms with Crippen LogP contribution in [0.15, 0.2) is 12.1 Å². The van der Waals surface area contributed by atoms with E-state index in [9.17, 15) is 15.0 Å². The highest BCUT2D eigenvalue weighted by molar-refractivity contribution is 5.74. The molecule has 0 spiro atoms. The molecule has 1 aromatic rings. The summed E-state index contributed by atoms with van der Waals surface area (Å²) < 4.78 is 0. The van der Waals surface area contributed by atoms with Gasteiger partial charge in [-0.1, -0.05) is 17.7 Å². The van der Waals surface area contributed by atoms with Crippen molar-refractivity contribution >= 4 is 6.03 Å². The fourth-order valence-corrected chi connectivity index (χ4v) is 2.60. The largest absolute Gasteiger partial charge is 0.394 e. The molecule has 0 heterocycles. The number of rotatable bonds is 6. The second-order valence-corrected chi connectivity index (χ2v) is 6.07. The van der Waals surface area contributed by atoms with E-state index in [4.69, 9.17) is 0 Å². The van der Waals surface area contributed by atoms with Gasteiger partial charge in [0.05, 0.1) is 18.8 Å². The summed E-state index contributed by atoms with van der Waals surface area (Å²) >= 11 is 0. The Hall–Kier alpha value is -1.59. The van der Waals surface area contributed by atoms with Crippen LogP contribution in [-0.4, -0.2) is 46.4 Å². The smallest absolute Gasteiger partial charge is 0.318 e. The zero-order valence-electron chi connectivity index (χ0n) is 14.2. The number of urea groups is 1. The van der Waals surface area contributed by atoms with Crippen molar-refractivity contribution in [2.45, 2.75) is 53.3 Å². The maximum absolute atomic E-state index is 12.3. The van der Waals surface area contributed by atoms with Gasteiger partial charge in [0.25, 0.3) is 0 Å². The number of benzene rings is 1. The van der Waals surface area contributed by atoms with Crippen molar-refractivity contribution < 1.29 is 15.0 Å². The molecule has 1 aromatic carbocycles. The van der Waals surface area contributed by atoms with Crippen LogP contribution < -0.4 is 5.32 Å². The molecule has 3 N–H and O–H groups in total. The van der Waals surface area contributed by atoms with Crippen LogP contribution in [0.1, 0.15) is 36.1 Å². The third kappa shape index (κ3) is 5.00. The van der Waals surface area contributed by atoms with E-state index in [2.05, 4.69) is 24.4 Å². The monoisotopic (exact) mass is 308 g/mol. The average molecular weight is 308 g/mol. The van der Waals surface area contributed by atoms with Crippen LogP contribution in [0.3, 0.4) is 0 Å². The van der Waals surface area contributed by atoms with Gasteiger partial charge in [-0.15, -0.1) is 0 Å². The van der Waals surface area contributed by atoms with Crippen molar-refractivity contribution in [3.63, 3.8) is 0 Å². The maximum atomic E-state index is 12.3. The Morgan fingerprint density at radius 1 is 1.23 bits per heavy atom. The second kappa shape index (κ2) is 8.15. The number of nitrogens with zero attached hydrogens (tertiary/aromatic N) is 1. The number of nitrogens with one attached hydrogen (secondary N) is 1. The third-order valence-corrected chi connectivity index (χ3v) is 3.77. The van der Waals surface area contributed by atoms with Crippen LogP contribution in [0.5, 0.6) is 0 Å². The molecular weight excluding hydrogens is 280 g/mol. The van der Waals surface area contributed by atoms with Crippen molar-refractivity contribution in [1.29, 1.82) is 0 Å². The molecule has 0 radical (unpaired) electrons. The summed E-state index contributed by atoms with van der Waals surface area (Å²) in [4.78, 5) is 13.8. The molecule has 1 rings (SSSR count). The number of aliphatic hydroxyl groups is 2. The van der Waals surface area contributed by atoms with Gasteiger partial charge in [0.15, 0.2) is 0 Å². The first-order valence-corrected chi connectivity index (χ1v) is 7.66. The van der Waals surface area contributed by atoms with Gasteiger partial charge < -0.3 is 20.4 Å². The van der Waals surface area contributed by atoms with Gasteiger partial charge in [-0.3, -0.25) is 0 Å². The van der Waals surface area contributed by atoms with Crippen LogP contribution in [0.4, 0.5) is 4.79 Å². The summed E-state index contributed by atoms with van der Waals surface area (Å²) in [6, 6.07) is 3.58.